The molecule has 0 saturated heterocycles. The molecule has 0 aliphatic heterocycles. The summed E-state index contributed by atoms with van der Waals surface area (Å²) in [5, 5.41) is 24.1. The van der Waals surface area contributed by atoms with E-state index in [9.17, 15) is 14.4 Å². The Bertz CT molecular complexity index is 1860. The van der Waals surface area contributed by atoms with Crippen molar-refractivity contribution >= 4 is 41.1 Å². The minimum Gasteiger partial charge on any atom is -0.453 e. The lowest BCUT2D eigenvalue weighted by molar-refractivity contribution is -0.117. The molecule has 14 heteroatoms. The van der Waals surface area contributed by atoms with E-state index in [1.54, 1.807) is 66.7 Å². The average molecular weight is 612 g/mol. The second-order valence-corrected chi connectivity index (χ2v) is 9.96. The number of aromatic amines is 1. The fourth-order valence-electron chi connectivity index (χ4n) is 4.36. The molecule has 0 bridgehead atoms. The van der Waals surface area contributed by atoms with Gasteiger partial charge in [0.2, 0.25) is 5.91 Å². The van der Waals surface area contributed by atoms with Gasteiger partial charge in [0.15, 0.2) is 0 Å². The average Bonchev–Trinajstić information content (AvgIpc) is 3.56. The first-order valence-electron chi connectivity index (χ1n) is 13.2. The molecule has 1 atom stereocenters. The number of rotatable bonds is 9. The van der Waals surface area contributed by atoms with Crippen LogP contribution in [-0.2, 0) is 16.0 Å². The molecule has 5 rings (SSSR count). The van der Waals surface area contributed by atoms with E-state index in [1.165, 1.54) is 24.2 Å². The van der Waals surface area contributed by atoms with Crippen LogP contribution in [0.15, 0.2) is 90.0 Å². The van der Waals surface area contributed by atoms with Crippen molar-refractivity contribution in [3.63, 3.8) is 0 Å². The van der Waals surface area contributed by atoms with Gasteiger partial charge in [-0.15, -0.1) is 5.10 Å². The molecule has 0 radical (unpaired) electrons. The molecule has 0 spiro atoms. The van der Waals surface area contributed by atoms with E-state index in [-0.39, 0.29) is 0 Å². The third kappa shape index (κ3) is 7.33. The summed E-state index contributed by atoms with van der Waals surface area (Å²) in [7, 11) is 1.27. The summed E-state index contributed by atoms with van der Waals surface area (Å²) in [6.07, 6.45) is 4.15. The quantitative estimate of drug-likeness (QED) is 0.142. The van der Waals surface area contributed by atoms with Gasteiger partial charge in [0.1, 0.15) is 6.33 Å². The molecule has 0 saturated carbocycles. The number of amides is 2. The van der Waals surface area contributed by atoms with Crippen molar-refractivity contribution in [3.05, 3.63) is 117 Å². The number of aromatic nitrogens is 6. The van der Waals surface area contributed by atoms with Crippen LogP contribution < -0.4 is 21.9 Å². The summed E-state index contributed by atoms with van der Waals surface area (Å²) in [4.78, 5) is 37.6. The second-order valence-electron chi connectivity index (χ2n) is 9.53. The van der Waals surface area contributed by atoms with Crippen molar-refractivity contribution in [1.29, 1.82) is 0 Å². The Hall–Kier alpha value is -5.82. The van der Waals surface area contributed by atoms with Crippen LogP contribution in [0.4, 0.5) is 16.2 Å². The minimum atomic E-state index is -0.634. The van der Waals surface area contributed by atoms with Gasteiger partial charge in [-0.2, -0.15) is 9.78 Å². The Labute approximate surface area is 255 Å². The number of ether oxygens (including phenoxy) is 1. The van der Waals surface area contributed by atoms with Crippen molar-refractivity contribution in [2.75, 3.05) is 18.2 Å². The molecule has 2 amide bonds. The molecule has 0 fully saturated rings. The fraction of sp³-hybridized carbons (Fsp3) is 0.100. The van der Waals surface area contributed by atoms with Crippen LogP contribution >= 0.6 is 11.6 Å². The fourth-order valence-corrected chi connectivity index (χ4v) is 4.54. The van der Waals surface area contributed by atoms with Crippen molar-refractivity contribution in [3.8, 4) is 16.8 Å². The molecule has 0 aliphatic carbocycles. The molecule has 5 N–H and O–H groups in total. The molecule has 222 valence electrons. The van der Waals surface area contributed by atoms with Crippen LogP contribution in [-0.4, -0.2) is 49.5 Å². The van der Waals surface area contributed by atoms with Gasteiger partial charge in [-0.05, 0) is 82.6 Å². The Balaban J connectivity index is 1.43. The zero-order valence-electron chi connectivity index (χ0n) is 23.3. The molecule has 3 aromatic carbocycles. The number of nitrogens with zero attached hydrogens (tertiary/aromatic N) is 5. The molecule has 2 heterocycles. The van der Waals surface area contributed by atoms with Gasteiger partial charge in [-0.25, -0.2) is 9.89 Å². The number of nitrogen functional groups attached to an aromatic ring is 1. The van der Waals surface area contributed by atoms with Crippen molar-refractivity contribution in [2.45, 2.75) is 12.5 Å². The Morgan fingerprint density at radius 2 is 1.86 bits per heavy atom. The predicted molar refractivity (Wildman–Crippen MR) is 165 cm³/mol. The third-order valence-electron chi connectivity index (χ3n) is 6.54. The van der Waals surface area contributed by atoms with E-state index in [2.05, 4.69) is 41.1 Å². The first-order chi connectivity index (χ1) is 21.3. The van der Waals surface area contributed by atoms with Crippen LogP contribution in [0.3, 0.4) is 0 Å². The standard InChI is InChI=1S/C30H26ClN9O4/c1-44-30(43)34-23-10-4-19(5-11-23)24-16-26(36-37-29(24)42)25(14-18-2-8-22(32)9-3-18)35-28(41)13-6-20-15-21(31)7-12-27(20)40-17-33-38-39-40/h2-13,15-17,25H,14,32H2,1H3,(H,34,43)(H,35,41)(H,37,42)/t25-/m0/s1. The SMILES string of the molecule is COC(=O)Nc1ccc(-c2cc([C@H](Cc3ccc(N)cc3)NC(=O)C=Cc3cc(Cl)ccc3-n3cnnn3)n[nH]c2=O)cc1. The van der Waals surface area contributed by atoms with E-state index >= 15 is 0 Å². The molecular formula is C30H26ClN9O4. The largest absolute Gasteiger partial charge is 0.453 e. The molecule has 13 nitrogen and oxygen atoms in total. The first kappa shape index (κ1) is 29.7. The molecule has 0 unspecified atom stereocenters. The minimum absolute atomic E-state index is 0.330. The number of methoxy groups -OCH3 is 1. The van der Waals surface area contributed by atoms with E-state index < -0.39 is 23.6 Å². The molecule has 44 heavy (non-hydrogen) atoms. The smallest absolute Gasteiger partial charge is 0.411 e. The molecule has 2 aromatic heterocycles. The zero-order chi connectivity index (χ0) is 31.1. The van der Waals surface area contributed by atoms with E-state index in [4.69, 9.17) is 17.3 Å². The summed E-state index contributed by atoms with van der Waals surface area (Å²) in [6.45, 7) is 0. The number of hydrogen-bond acceptors (Lipinski definition) is 9. The maximum absolute atomic E-state index is 13.3. The highest BCUT2D eigenvalue weighted by molar-refractivity contribution is 6.30. The number of benzene rings is 3. The summed E-state index contributed by atoms with van der Waals surface area (Å²) in [6, 6.07) is 20.0. The topological polar surface area (TPSA) is 183 Å². The lowest BCUT2D eigenvalue weighted by Crippen LogP contribution is -2.30. The van der Waals surface area contributed by atoms with Crippen molar-refractivity contribution < 1.29 is 14.3 Å². The van der Waals surface area contributed by atoms with Crippen LogP contribution in [0.25, 0.3) is 22.9 Å². The Morgan fingerprint density at radius 1 is 1.09 bits per heavy atom. The predicted octanol–water partition coefficient (Wildman–Crippen LogP) is 3.94. The number of H-pyrrole nitrogens is 1. The number of nitrogens with two attached hydrogens (primary N) is 1. The highest BCUT2D eigenvalue weighted by Crippen LogP contribution is 2.24. The summed E-state index contributed by atoms with van der Waals surface area (Å²) < 4.78 is 6.07. The van der Waals surface area contributed by atoms with Crippen molar-refractivity contribution in [1.82, 2.24) is 35.7 Å². The van der Waals surface area contributed by atoms with Gasteiger partial charge >= 0.3 is 6.09 Å². The number of hydrogen-bond donors (Lipinski definition) is 4. The zero-order valence-corrected chi connectivity index (χ0v) is 24.0. The van der Waals surface area contributed by atoms with Crippen LogP contribution in [0.5, 0.6) is 0 Å². The summed E-state index contributed by atoms with van der Waals surface area (Å²) >= 11 is 6.21. The van der Waals surface area contributed by atoms with E-state index in [1.807, 2.05) is 12.1 Å². The molecule has 0 aliphatic rings. The Morgan fingerprint density at radius 3 is 2.57 bits per heavy atom. The third-order valence-corrected chi connectivity index (χ3v) is 6.78. The van der Waals surface area contributed by atoms with E-state index in [0.29, 0.717) is 50.9 Å². The normalized spacial score (nSPS) is 11.7. The van der Waals surface area contributed by atoms with Crippen LogP contribution in [0.1, 0.15) is 22.9 Å². The summed E-state index contributed by atoms with van der Waals surface area (Å²) in [5.41, 5.74) is 10.0. The number of carbonyl (C=O) groups excluding carboxylic acids is 2. The number of halogens is 1. The lowest BCUT2D eigenvalue weighted by atomic mass is 10.00. The molecular weight excluding hydrogens is 586 g/mol. The number of carbonyl (C=O) groups is 2. The van der Waals surface area contributed by atoms with Gasteiger partial charge in [-0.1, -0.05) is 35.9 Å². The number of anilines is 2. The molecule has 5 aromatic rings. The van der Waals surface area contributed by atoms with E-state index in [0.717, 1.165) is 5.56 Å². The number of nitrogens with one attached hydrogen (secondary N) is 3. The summed E-state index contributed by atoms with van der Waals surface area (Å²) in [5.74, 6) is -0.416. The first-order valence-corrected chi connectivity index (χ1v) is 13.6. The highest BCUT2D eigenvalue weighted by atomic mass is 35.5. The number of tetrazole rings is 1. The lowest BCUT2D eigenvalue weighted by Gasteiger charge is -2.18. The van der Waals surface area contributed by atoms with Crippen LogP contribution in [0.2, 0.25) is 5.02 Å². The maximum Gasteiger partial charge on any atom is 0.411 e. The van der Waals surface area contributed by atoms with Gasteiger partial charge < -0.3 is 15.8 Å². The Kier molecular flexibility index (Phi) is 9.06. The van der Waals surface area contributed by atoms with Gasteiger partial charge in [-0.3, -0.25) is 14.9 Å². The van der Waals surface area contributed by atoms with Gasteiger partial charge in [0.05, 0.1) is 30.1 Å². The highest BCUT2D eigenvalue weighted by Gasteiger charge is 2.19. The van der Waals surface area contributed by atoms with Crippen LogP contribution in [0, 0.1) is 0 Å². The second kappa shape index (κ2) is 13.4. The maximum atomic E-state index is 13.3. The van der Waals surface area contributed by atoms with Gasteiger partial charge in [0, 0.05) is 28.0 Å². The van der Waals surface area contributed by atoms with Crippen molar-refractivity contribution in [2.24, 2.45) is 0 Å². The monoisotopic (exact) mass is 611 g/mol. The van der Waals surface area contributed by atoms with Gasteiger partial charge in [0.25, 0.3) is 5.56 Å².